The van der Waals surface area contributed by atoms with Crippen molar-refractivity contribution in [2.24, 2.45) is 5.73 Å². The summed E-state index contributed by atoms with van der Waals surface area (Å²) in [4.78, 5) is 7.22. The van der Waals surface area contributed by atoms with Gasteiger partial charge < -0.3 is 5.73 Å². The molecule has 0 aliphatic rings. The Morgan fingerprint density at radius 3 is 2.58 bits per heavy atom. The zero-order chi connectivity index (χ0) is 14.0. The second-order valence-corrected chi connectivity index (χ2v) is 6.85. The van der Waals surface area contributed by atoms with E-state index in [9.17, 15) is 0 Å². The van der Waals surface area contributed by atoms with Crippen molar-refractivity contribution < 1.29 is 0 Å². The van der Waals surface area contributed by atoms with Gasteiger partial charge in [0.1, 0.15) is 0 Å². The Labute approximate surface area is 119 Å². The number of pyridine rings is 1. The van der Waals surface area contributed by atoms with Crippen LogP contribution in [0, 0.1) is 0 Å². The largest absolute Gasteiger partial charge is 0.402 e. The van der Waals surface area contributed by atoms with Crippen molar-refractivity contribution in [1.82, 2.24) is 4.98 Å². The van der Waals surface area contributed by atoms with E-state index in [0.717, 1.165) is 11.4 Å². The van der Waals surface area contributed by atoms with Crippen LogP contribution in [0.1, 0.15) is 31.3 Å². The molecule has 0 saturated heterocycles. The van der Waals surface area contributed by atoms with Crippen LogP contribution in [0.3, 0.4) is 0 Å². The average Bonchev–Trinajstić information content (AvgIpc) is 2.77. The van der Waals surface area contributed by atoms with E-state index in [1.165, 1.54) is 9.75 Å². The Balaban J connectivity index is 2.31. The van der Waals surface area contributed by atoms with E-state index in [1.54, 1.807) is 11.3 Å². The van der Waals surface area contributed by atoms with E-state index in [2.05, 4.69) is 44.5 Å². The molecule has 0 aliphatic carbocycles. The van der Waals surface area contributed by atoms with Crippen LogP contribution < -0.4 is 5.73 Å². The number of nitrogens with two attached hydrogens (primary N) is 1. The Morgan fingerprint density at radius 1 is 1.26 bits per heavy atom. The first-order chi connectivity index (χ1) is 8.86. The Hall–Kier alpha value is -1.61. The molecule has 3 heteroatoms. The van der Waals surface area contributed by atoms with Crippen LogP contribution in [0.5, 0.6) is 0 Å². The van der Waals surface area contributed by atoms with Gasteiger partial charge in [-0.2, -0.15) is 0 Å². The molecule has 0 radical (unpaired) electrons. The van der Waals surface area contributed by atoms with Crippen LogP contribution in [0.2, 0.25) is 0 Å². The molecule has 0 aromatic carbocycles. The van der Waals surface area contributed by atoms with Gasteiger partial charge in [-0.3, -0.25) is 4.98 Å². The number of thiophene rings is 1. The predicted molar refractivity (Wildman–Crippen MR) is 83.3 cm³/mol. The number of hydrogen-bond donors (Lipinski definition) is 1. The van der Waals surface area contributed by atoms with Crippen molar-refractivity contribution in [1.29, 1.82) is 0 Å². The van der Waals surface area contributed by atoms with Crippen molar-refractivity contribution in [3.8, 4) is 10.6 Å². The minimum Gasteiger partial charge on any atom is -0.402 e. The lowest BCUT2D eigenvalue weighted by Gasteiger charge is -2.15. The van der Waals surface area contributed by atoms with Crippen LogP contribution in [0.15, 0.2) is 42.6 Å². The number of nitrogens with zero attached hydrogens (tertiary/aromatic N) is 1. The monoisotopic (exact) mass is 272 g/mol. The summed E-state index contributed by atoms with van der Waals surface area (Å²) in [5.41, 5.74) is 8.46. The Morgan fingerprint density at radius 2 is 2.00 bits per heavy atom. The van der Waals surface area contributed by atoms with Gasteiger partial charge in [-0.25, -0.2) is 0 Å². The summed E-state index contributed by atoms with van der Waals surface area (Å²) in [5.74, 6) is 0. The van der Waals surface area contributed by atoms with Crippen LogP contribution in [-0.4, -0.2) is 4.98 Å². The highest BCUT2D eigenvalue weighted by Gasteiger charge is 2.16. The third-order valence-electron chi connectivity index (χ3n) is 2.81. The van der Waals surface area contributed by atoms with Gasteiger partial charge in [-0.15, -0.1) is 11.3 Å². The van der Waals surface area contributed by atoms with Crippen molar-refractivity contribution >= 4 is 11.3 Å². The van der Waals surface area contributed by atoms with E-state index >= 15 is 0 Å². The second-order valence-electron chi connectivity index (χ2n) is 5.76. The number of allylic oxidation sites excluding steroid dienone is 1. The van der Waals surface area contributed by atoms with Gasteiger partial charge in [0, 0.05) is 22.7 Å². The molecular formula is C16H20N2S. The molecule has 2 nitrogen and oxygen atoms in total. The molecule has 2 rings (SSSR count). The first-order valence-electron chi connectivity index (χ1n) is 6.36. The molecule has 0 fully saturated rings. The molecule has 0 bridgehead atoms. The fourth-order valence-electron chi connectivity index (χ4n) is 1.83. The summed E-state index contributed by atoms with van der Waals surface area (Å²) in [7, 11) is 0. The van der Waals surface area contributed by atoms with E-state index in [1.807, 2.05) is 18.2 Å². The maximum Gasteiger partial charge on any atom is 0.0805 e. The third-order valence-corrected chi connectivity index (χ3v) is 4.35. The standard InChI is InChI=1S/C16H20N2S/c1-11(17)10-12-6-5-7-13(18-12)14-8-9-15(19-14)16(2,3)4/h5-9H,1,10,17H2,2-4H3. The van der Waals surface area contributed by atoms with Crippen LogP contribution in [-0.2, 0) is 11.8 Å². The lowest BCUT2D eigenvalue weighted by atomic mass is 9.95. The maximum atomic E-state index is 5.64. The number of rotatable bonds is 3. The summed E-state index contributed by atoms with van der Waals surface area (Å²) in [5, 5.41) is 0. The van der Waals surface area contributed by atoms with Crippen LogP contribution >= 0.6 is 11.3 Å². The van der Waals surface area contributed by atoms with Gasteiger partial charge in [0.2, 0.25) is 0 Å². The Kier molecular flexibility index (Phi) is 3.76. The quantitative estimate of drug-likeness (QED) is 0.912. The van der Waals surface area contributed by atoms with E-state index in [4.69, 9.17) is 5.73 Å². The fourth-order valence-corrected chi connectivity index (χ4v) is 2.86. The molecule has 0 saturated carbocycles. The van der Waals surface area contributed by atoms with E-state index in [0.29, 0.717) is 12.1 Å². The summed E-state index contributed by atoms with van der Waals surface area (Å²) >= 11 is 1.80. The lowest BCUT2D eigenvalue weighted by molar-refractivity contribution is 0.604. The van der Waals surface area contributed by atoms with Gasteiger partial charge in [-0.05, 0) is 29.7 Å². The predicted octanol–water partition coefficient (Wildman–Crippen LogP) is 4.12. The van der Waals surface area contributed by atoms with Crippen molar-refractivity contribution in [3.63, 3.8) is 0 Å². The first kappa shape index (κ1) is 13.8. The average molecular weight is 272 g/mol. The van der Waals surface area contributed by atoms with Crippen molar-refractivity contribution in [2.75, 3.05) is 0 Å². The molecule has 19 heavy (non-hydrogen) atoms. The summed E-state index contributed by atoms with van der Waals surface area (Å²) < 4.78 is 0. The SMILES string of the molecule is C=C(N)Cc1cccc(-c2ccc(C(C)(C)C)s2)n1. The normalized spacial score (nSPS) is 11.5. The summed E-state index contributed by atoms with van der Waals surface area (Å²) in [6, 6.07) is 10.4. The van der Waals surface area contributed by atoms with Gasteiger partial charge in [0.15, 0.2) is 0 Å². The highest BCUT2D eigenvalue weighted by atomic mass is 32.1. The molecule has 2 aromatic heterocycles. The van der Waals surface area contributed by atoms with Crippen molar-refractivity contribution in [2.45, 2.75) is 32.6 Å². The second kappa shape index (κ2) is 5.17. The molecule has 0 unspecified atom stereocenters. The molecule has 2 heterocycles. The van der Waals surface area contributed by atoms with Crippen LogP contribution in [0.4, 0.5) is 0 Å². The summed E-state index contributed by atoms with van der Waals surface area (Å²) in [6.07, 6.45) is 0.630. The zero-order valence-electron chi connectivity index (χ0n) is 11.7. The molecule has 0 spiro atoms. The maximum absolute atomic E-state index is 5.64. The van der Waals surface area contributed by atoms with Gasteiger partial charge in [0.05, 0.1) is 10.6 Å². The zero-order valence-corrected chi connectivity index (χ0v) is 12.6. The van der Waals surface area contributed by atoms with Gasteiger partial charge >= 0.3 is 0 Å². The molecule has 0 amide bonds. The molecule has 2 aromatic rings. The van der Waals surface area contributed by atoms with Crippen molar-refractivity contribution in [3.05, 3.63) is 53.2 Å². The highest BCUT2D eigenvalue weighted by molar-refractivity contribution is 7.15. The topological polar surface area (TPSA) is 38.9 Å². The first-order valence-corrected chi connectivity index (χ1v) is 7.18. The highest BCUT2D eigenvalue weighted by Crippen LogP contribution is 2.34. The lowest BCUT2D eigenvalue weighted by Crippen LogP contribution is -2.07. The molecule has 0 atom stereocenters. The fraction of sp³-hybridized carbons (Fsp3) is 0.312. The third kappa shape index (κ3) is 3.44. The molecule has 100 valence electrons. The van der Waals surface area contributed by atoms with Gasteiger partial charge in [0.25, 0.3) is 0 Å². The Bertz CT molecular complexity index is 591. The summed E-state index contributed by atoms with van der Waals surface area (Å²) in [6.45, 7) is 10.4. The minimum atomic E-state index is 0.187. The van der Waals surface area contributed by atoms with Crippen LogP contribution in [0.25, 0.3) is 10.6 Å². The molecular weight excluding hydrogens is 252 g/mol. The van der Waals surface area contributed by atoms with E-state index < -0.39 is 0 Å². The number of aromatic nitrogens is 1. The van der Waals surface area contributed by atoms with E-state index in [-0.39, 0.29) is 5.41 Å². The minimum absolute atomic E-state index is 0.187. The van der Waals surface area contributed by atoms with Gasteiger partial charge in [-0.1, -0.05) is 33.4 Å². The number of hydrogen-bond acceptors (Lipinski definition) is 3. The molecule has 0 aliphatic heterocycles. The molecule has 2 N–H and O–H groups in total. The smallest absolute Gasteiger partial charge is 0.0805 e.